The van der Waals surface area contributed by atoms with Crippen molar-refractivity contribution in [1.82, 2.24) is 15.0 Å². The maximum atomic E-state index is 12.3. The van der Waals surface area contributed by atoms with Crippen molar-refractivity contribution in [2.75, 3.05) is 6.54 Å². The van der Waals surface area contributed by atoms with Crippen LogP contribution < -0.4 is 0 Å². The summed E-state index contributed by atoms with van der Waals surface area (Å²) in [7, 11) is 0. The van der Waals surface area contributed by atoms with Gasteiger partial charge >= 0.3 is 5.97 Å². The molecule has 2 aromatic heterocycles. The second-order valence-electron chi connectivity index (χ2n) is 4.81. The number of nitrogens with zero attached hydrogens (tertiary/aromatic N) is 3. The SMILES string of the molecule is O=C(O)[C@H]1CCCN1C(=O)c1cc(-c2cccnc2)on1. The molecule has 1 N–H and O–H groups in total. The second kappa shape index (κ2) is 5.35. The van der Waals surface area contributed by atoms with E-state index in [2.05, 4.69) is 10.1 Å². The molecule has 0 spiro atoms. The predicted molar refractivity (Wildman–Crippen MR) is 71.4 cm³/mol. The Kier molecular flexibility index (Phi) is 3.39. The maximum Gasteiger partial charge on any atom is 0.326 e. The lowest BCUT2D eigenvalue weighted by Crippen LogP contribution is -2.40. The summed E-state index contributed by atoms with van der Waals surface area (Å²) in [6, 6.07) is 4.27. The van der Waals surface area contributed by atoms with Gasteiger partial charge in [-0.25, -0.2) is 4.79 Å². The average Bonchev–Trinajstić information content (AvgIpc) is 3.17. The Hall–Kier alpha value is -2.70. The standard InChI is InChI=1S/C14H13N3O4/c18-13(17-6-2-4-11(17)14(19)20)10-7-12(21-16-10)9-3-1-5-15-8-9/h1,3,5,7-8,11H,2,4,6H2,(H,19,20)/t11-/m1/s1. The zero-order valence-electron chi connectivity index (χ0n) is 11.1. The summed E-state index contributed by atoms with van der Waals surface area (Å²) in [5.41, 5.74) is 0.822. The van der Waals surface area contributed by atoms with E-state index in [1.54, 1.807) is 24.5 Å². The van der Waals surface area contributed by atoms with Crippen LogP contribution >= 0.6 is 0 Å². The number of carbonyl (C=O) groups excluding carboxylic acids is 1. The van der Waals surface area contributed by atoms with Gasteiger partial charge in [0.2, 0.25) is 0 Å². The molecule has 1 atom stereocenters. The lowest BCUT2D eigenvalue weighted by atomic mass is 10.2. The number of carboxylic acid groups (broad SMARTS) is 1. The van der Waals surface area contributed by atoms with Gasteiger partial charge in [-0.2, -0.15) is 0 Å². The molecule has 0 bridgehead atoms. The van der Waals surface area contributed by atoms with Gasteiger partial charge in [0.15, 0.2) is 11.5 Å². The first-order valence-electron chi connectivity index (χ1n) is 6.57. The van der Waals surface area contributed by atoms with Crippen molar-refractivity contribution in [2.45, 2.75) is 18.9 Å². The first-order chi connectivity index (χ1) is 10.2. The highest BCUT2D eigenvalue weighted by Gasteiger charge is 2.35. The first kappa shape index (κ1) is 13.3. The average molecular weight is 287 g/mol. The molecule has 2 aromatic rings. The van der Waals surface area contributed by atoms with E-state index >= 15 is 0 Å². The number of amides is 1. The number of pyridine rings is 1. The summed E-state index contributed by atoms with van der Waals surface area (Å²) in [5, 5.41) is 12.9. The van der Waals surface area contributed by atoms with Gasteiger partial charge in [0.05, 0.1) is 0 Å². The van der Waals surface area contributed by atoms with Crippen molar-refractivity contribution in [2.24, 2.45) is 0 Å². The molecule has 1 aliphatic heterocycles. The molecule has 1 amide bonds. The molecular weight excluding hydrogens is 274 g/mol. The van der Waals surface area contributed by atoms with E-state index in [0.29, 0.717) is 30.7 Å². The lowest BCUT2D eigenvalue weighted by molar-refractivity contribution is -0.141. The fourth-order valence-corrected chi connectivity index (χ4v) is 2.43. The minimum atomic E-state index is -0.989. The van der Waals surface area contributed by atoms with Gasteiger partial charge in [0, 0.05) is 30.6 Å². The van der Waals surface area contributed by atoms with E-state index in [1.165, 1.54) is 11.0 Å². The van der Waals surface area contributed by atoms with Crippen LogP contribution in [-0.2, 0) is 4.79 Å². The van der Waals surface area contributed by atoms with Crippen LogP contribution in [0.4, 0.5) is 0 Å². The van der Waals surface area contributed by atoms with Crippen LogP contribution in [0.25, 0.3) is 11.3 Å². The van der Waals surface area contributed by atoms with Crippen LogP contribution in [-0.4, -0.2) is 44.6 Å². The molecule has 0 aromatic carbocycles. The molecule has 1 aliphatic rings. The topological polar surface area (TPSA) is 96.5 Å². The number of carbonyl (C=O) groups is 2. The maximum absolute atomic E-state index is 12.3. The first-order valence-corrected chi connectivity index (χ1v) is 6.57. The zero-order chi connectivity index (χ0) is 14.8. The summed E-state index contributed by atoms with van der Waals surface area (Å²) in [6.45, 7) is 0.422. The molecule has 3 heterocycles. The fraction of sp³-hybridized carbons (Fsp3) is 0.286. The van der Waals surface area contributed by atoms with Crippen molar-refractivity contribution >= 4 is 11.9 Å². The molecule has 0 aliphatic carbocycles. The monoisotopic (exact) mass is 287 g/mol. The van der Waals surface area contributed by atoms with Crippen LogP contribution in [0.2, 0.25) is 0 Å². The van der Waals surface area contributed by atoms with Gasteiger partial charge in [-0.1, -0.05) is 5.16 Å². The Morgan fingerprint density at radius 1 is 1.43 bits per heavy atom. The summed E-state index contributed by atoms with van der Waals surface area (Å²) >= 11 is 0. The normalized spacial score (nSPS) is 17.9. The predicted octanol–water partition coefficient (Wildman–Crippen LogP) is 1.43. The summed E-state index contributed by atoms with van der Waals surface area (Å²) in [6.07, 6.45) is 4.38. The van der Waals surface area contributed by atoms with E-state index in [-0.39, 0.29) is 5.69 Å². The number of likely N-dealkylation sites (tertiary alicyclic amines) is 1. The number of hydrogen-bond acceptors (Lipinski definition) is 5. The van der Waals surface area contributed by atoms with E-state index < -0.39 is 17.9 Å². The Morgan fingerprint density at radius 2 is 2.29 bits per heavy atom. The number of carboxylic acids is 1. The highest BCUT2D eigenvalue weighted by Crippen LogP contribution is 2.23. The van der Waals surface area contributed by atoms with Gasteiger partial charge < -0.3 is 14.5 Å². The van der Waals surface area contributed by atoms with Crippen molar-refractivity contribution in [3.8, 4) is 11.3 Å². The van der Waals surface area contributed by atoms with Gasteiger partial charge in [0.1, 0.15) is 6.04 Å². The Labute approximate surface area is 120 Å². The minimum Gasteiger partial charge on any atom is -0.480 e. The van der Waals surface area contributed by atoms with E-state index in [1.807, 2.05) is 0 Å². The highest BCUT2D eigenvalue weighted by molar-refractivity contribution is 5.96. The Morgan fingerprint density at radius 3 is 3.00 bits per heavy atom. The van der Waals surface area contributed by atoms with Crippen molar-refractivity contribution in [3.05, 3.63) is 36.3 Å². The van der Waals surface area contributed by atoms with Crippen molar-refractivity contribution in [3.63, 3.8) is 0 Å². The molecule has 7 nitrogen and oxygen atoms in total. The zero-order valence-corrected chi connectivity index (χ0v) is 11.1. The van der Waals surface area contributed by atoms with Gasteiger partial charge in [-0.15, -0.1) is 0 Å². The lowest BCUT2D eigenvalue weighted by Gasteiger charge is -2.19. The van der Waals surface area contributed by atoms with Gasteiger partial charge in [-0.3, -0.25) is 9.78 Å². The molecule has 3 rings (SSSR count). The van der Waals surface area contributed by atoms with Crippen LogP contribution in [0.1, 0.15) is 23.3 Å². The molecule has 21 heavy (non-hydrogen) atoms. The minimum absolute atomic E-state index is 0.113. The van der Waals surface area contributed by atoms with Gasteiger partial charge in [0.25, 0.3) is 5.91 Å². The molecule has 7 heteroatoms. The van der Waals surface area contributed by atoms with Gasteiger partial charge in [-0.05, 0) is 25.0 Å². The third-order valence-electron chi connectivity index (χ3n) is 3.47. The Bertz CT molecular complexity index is 668. The molecule has 1 saturated heterocycles. The third-order valence-corrected chi connectivity index (χ3v) is 3.47. The smallest absolute Gasteiger partial charge is 0.326 e. The fourth-order valence-electron chi connectivity index (χ4n) is 2.43. The summed E-state index contributed by atoms with van der Waals surface area (Å²) in [4.78, 5) is 28.8. The highest BCUT2D eigenvalue weighted by atomic mass is 16.5. The van der Waals surface area contributed by atoms with E-state index in [9.17, 15) is 9.59 Å². The van der Waals surface area contributed by atoms with Crippen molar-refractivity contribution in [1.29, 1.82) is 0 Å². The third kappa shape index (κ3) is 2.49. The molecule has 0 saturated carbocycles. The number of aromatic nitrogens is 2. The second-order valence-corrected chi connectivity index (χ2v) is 4.81. The van der Waals surface area contributed by atoms with Crippen molar-refractivity contribution < 1.29 is 19.2 Å². The van der Waals surface area contributed by atoms with E-state index in [4.69, 9.17) is 9.63 Å². The number of hydrogen-bond donors (Lipinski definition) is 1. The number of rotatable bonds is 3. The molecular formula is C14H13N3O4. The van der Waals surface area contributed by atoms with Crippen LogP contribution in [0, 0.1) is 0 Å². The Balaban J connectivity index is 1.83. The quantitative estimate of drug-likeness (QED) is 0.917. The number of aliphatic carboxylic acids is 1. The molecule has 0 unspecified atom stereocenters. The van der Waals surface area contributed by atoms with Crippen LogP contribution in [0.3, 0.4) is 0 Å². The molecule has 108 valence electrons. The van der Waals surface area contributed by atoms with Crippen LogP contribution in [0.15, 0.2) is 35.1 Å². The largest absolute Gasteiger partial charge is 0.480 e. The molecule has 0 radical (unpaired) electrons. The van der Waals surface area contributed by atoms with E-state index in [0.717, 1.165) is 0 Å². The summed E-state index contributed by atoms with van der Waals surface area (Å²) < 4.78 is 5.14. The summed E-state index contributed by atoms with van der Waals surface area (Å²) in [5.74, 6) is -0.979. The molecule has 1 fully saturated rings. The van der Waals surface area contributed by atoms with Crippen LogP contribution in [0.5, 0.6) is 0 Å².